The number of anilines is 1. The Morgan fingerprint density at radius 3 is 2.55 bits per heavy atom. The summed E-state index contributed by atoms with van der Waals surface area (Å²) in [5.41, 5.74) is 1.36. The summed E-state index contributed by atoms with van der Waals surface area (Å²) in [6.07, 6.45) is 1.51. The van der Waals surface area contributed by atoms with Crippen LogP contribution < -0.4 is 10.5 Å². The maximum absolute atomic E-state index is 13.1. The molecule has 1 fully saturated rings. The van der Waals surface area contributed by atoms with Gasteiger partial charge in [-0.05, 0) is 24.5 Å². The van der Waals surface area contributed by atoms with Crippen LogP contribution in [0.4, 0.5) is 14.6 Å². The van der Waals surface area contributed by atoms with Crippen LogP contribution in [0.1, 0.15) is 30.9 Å². The second-order valence-corrected chi connectivity index (χ2v) is 6.48. The lowest BCUT2D eigenvalue weighted by molar-refractivity contribution is -0.0267. The van der Waals surface area contributed by atoms with Crippen molar-refractivity contribution in [3.8, 4) is 0 Å². The van der Waals surface area contributed by atoms with Crippen molar-refractivity contribution < 1.29 is 8.78 Å². The normalized spacial score (nSPS) is 17.1. The molecule has 0 radical (unpaired) electrons. The van der Waals surface area contributed by atoms with E-state index in [9.17, 15) is 13.6 Å². The summed E-state index contributed by atoms with van der Waals surface area (Å²) in [5.74, 6) is -2.27. The molecule has 118 valence electrons. The minimum Gasteiger partial charge on any atom is -0.344 e. The summed E-state index contributed by atoms with van der Waals surface area (Å²) in [6.45, 7) is 4.73. The van der Waals surface area contributed by atoms with Gasteiger partial charge in [0.2, 0.25) is 0 Å². The standard InChI is InChI=1S/C15H16ClF2N3O/c1-8(2)11-4-10(16)5-21-13(11)19-12(9(3)14(21)22)20-6-15(17,18)7-20/h4-5,8H,6-7H2,1-3H3. The van der Waals surface area contributed by atoms with Crippen LogP contribution in [-0.4, -0.2) is 28.4 Å². The molecular weight excluding hydrogens is 312 g/mol. The molecule has 2 aromatic rings. The predicted molar refractivity (Wildman–Crippen MR) is 82.5 cm³/mol. The van der Waals surface area contributed by atoms with Gasteiger partial charge in [-0.1, -0.05) is 25.4 Å². The van der Waals surface area contributed by atoms with Gasteiger partial charge in [-0.2, -0.15) is 0 Å². The molecule has 1 aliphatic rings. The van der Waals surface area contributed by atoms with Crippen LogP contribution in [-0.2, 0) is 0 Å². The zero-order chi connectivity index (χ0) is 16.2. The molecule has 1 saturated heterocycles. The Balaban J connectivity index is 2.24. The molecule has 0 spiro atoms. The zero-order valence-electron chi connectivity index (χ0n) is 12.5. The quantitative estimate of drug-likeness (QED) is 0.850. The highest BCUT2D eigenvalue weighted by atomic mass is 35.5. The number of pyridine rings is 1. The van der Waals surface area contributed by atoms with Gasteiger partial charge in [0.25, 0.3) is 11.5 Å². The van der Waals surface area contributed by atoms with E-state index < -0.39 is 19.0 Å². The van der Waals surface area contributed by atoms with E-state index in [1.807, 2.05) is 13.8 Å². The molecule has 0 N–H and O–H groups in total. The Hall–Kier alpha value is -1.69. The summed E-state index contributed by atoms with van der Waals surface area (Å²) in [6, 6.07) is 1.76. The molecule has 0 aliphatic carbocycles. The molecule has 2 aromatic heterocycles. The number of fused-ring (bicyclic) bond motifs is 1. The van der Waals surface area contributed by atoms with Gasteiger partial charge < -0.3 is 4.90 Å². The van der Waals surface area contributed by atoms with E-state index in [0.29, 0.717) is 22.1 Å². The van der Waals surface area contributed by atoms with E-state index in [1.54, 1.807) is 13.0 Å². The molecule has 4 nitrogen and oxygen atoms in total. The molecule has 0 atom stereocenters. The number of alkyl halides is 2. The van der Waals surface area contributed by atoms with E-state index in [0.717, 1.165) is 5.56 Å². The molecule has 1 aliphatic heterocycles. The number of hydrogen-bond acceptors (Lipinski definition) is 3. The molecule has 0 saturated carbocycles. The third-order valence-electron chi connectivity index (χ3n) is 3.88. The largest absolute Gasteiger partial charge is 0.344 e. The lowest BCUT2D eigenvalue weighted by Crippen LogP contribution is -2.57. The molecular formula is C15H16ClF2N3O. The topological polar surface area (TPSA) is 37.6 Å². The van der Waals surface area contributed by atoms with E-state index in [2.05, 4.69) is 4.98 Å². The molecule has 3 heterocycles. The van der Waals surface area contributed by atoms with Crippen molar-refractivity contribution in [1.82, 2.24) is 9.38 Å². The number of nitrogens with zero attached hydrogens (tertiary/aromatic N) is 3. The lowest BCUT2D eigenvalue weighted by atomic mass is 10.0. The van der Waals surface area contributed by atoms with E-state index in [-0.39, 0.29) is 11.5 Å². The van der Waals surface area contributed by atoms with Crippen molar-refractivity contribution in [1.29, 1.82) is 0 Å². The predicted octanol–water partition coefficient (Wildman–Crippen LogP) is 3.24. The summed E-state index contributed by atoms with van der Waals surface area (Å²) in [5, 5.41) is 0.447. The molecule has 3 rings (SSSR count). The minimum absolute atomic E-state index is 0.106. The van der Waals surface area contributed by atoms with E-state index in [1.165, 1.54) is 15.5 Å². The Bertz CT molecular complexity index is 809. The second kappa shape index (κ2) is 4.91. The summed E-state index contributed by atoms with van der Waals surface area (Å²) >= 11 is 6.07. The van der Waals surface area contributed by atoms with Crippen LogP contribution in [0.15, 0.2) is 17.1 Å². The van der Waals surface area contributed by atoms with Crippen molar-refractivity contribution in [2.75, 3.05) is 18.0 Å². The van der Waals surface area contributed by atoms with Gasteiger partial charge >= 0.3 is 0 Å². The van der Waals surface area contributed by atoms with Crippen LogP contribution in [0.25, 0.3) is 5.65 Å². The first kappa shape index (κ1) is 15.2. The first-order chi connectivity index (χ1) is 10.2. The van der Waals surface area contributed by atoms with Crippen molar-refractivity contribution >= 4 is 23.1 Å². The molecule has 0 unspecified atom stereocenters. The highest BCUT2D eigenvalue weighted by Crippen LogP contribution is 2.32. The number of halogens is 3. The van der Waals surface area contributed by atoms with Crippen molar-refractivity contribution in [3.05, 3.63) is 38.8 Å². The monoisotopic (exact) mass is 327 g/mol. The van der Waals surface area contributed by atoms with Crippen molar-refractivity contribution in [2.45, 2.75) is 32.6 Å². The van der Waals surface area contributed by atoms with E-state index in [4.69, 9.17) is 11.6 Å². The van der Waals surface area contributed by atoms with Crippen molar-refractivity contribution in [3.63, 3.8) is 0 Å². The summed E-state index contributed by atoms with van der Waals surface area (Å²) in [4.78, 5) is 18.5. The fraction of sp³-hybridized carbons (Fsp3) is 0.467. The highest BCUT2D eigenvalue weighted by Gasteiger charge is 2.45. The number of aromatic nitrogens is 2. The van der Waals surface area contributed by atoms with E-state index >= 15 is 0 Å². The van der Waals surface area contributed by atoms with Crippen LogP contribution >= 0.6 is 11.6 Å². The molecule has 0 aromatic carbocycles. The Kier molecular flexibility index (Phi) is 3.40. The average Bonchev–Trinajstić information content (AvgIpc) is 2.39. The Labute approximate surface area is 131 Å². The van der Waals surface area contributed by atoms with Gasteiger partial charge in [0.05, 0.1) is 23.7 Å². The van der Waals surface area contributed by atoms with Gasteiger partial charge in [0, 0.05) is 6.20 Å². The van der Waals surface area contributed by atoms with Crippen molar-refractivity contribution in [2.24, 2.45) is 0 Å². The lowest BCUT2D eigenvalue weighted by Gasteiger charge is -2.40. The number of hydrogen-bond donors (Lipinski definition) is 0. The van der Waals surface area contributed by atoms with Gasteiger partial charge in [0.1, 0.15) is 11.5 Å². The van der Waals surface area contributed by atoms with Crippen LogP contribution in [0.2, 0.25) is 5.02 Å². The first-order valence-electron chi connectivity index (χ1n) is 7.05. The van der Waals surface area contributed by atoms with Crippen LogP contribution in [0.3, 0.4) is 0 Å². The minimum atomic E-state index is -2.71. The fourth-order valence-corrected chi connectivity index (χ4v) is 2.92. The highest BCUT2D eigenvalue weighted by molar-refractivity contribution is 6.30. The SMILES string of the molecule is Cc1c(N2CC(F)(F)C2)nc2c(C(C)C)cc(Cl)cn2c1=O. The maximum atomic E-state index is 13.1. The average molecular weight is 328 g/mol. The molecule has 7 heteroatoms. The summed E-state index contributed by atoms with van der Waals surface area (Å²) < 4.78 is 27.6. The first-order valence-corrected chi connectivity index (χ1v) is 7.42. The van der Waals surface area contributed by atoms with Crippen LogP contribution in [0, 0.1) is 6.92 Å². The smallest absolute Gasteiger partial charge is 0.282 e. The molecule has 0 bridgehead atoms. The number of rotatable bonds is 2. The fourth-order valence-electron chi connectivity index (χ4n) is 2.70. The molecule has 22 heavy (non-hydrogen) atoms. The third kappa shape index (κ3) is 2.35. The second-order valence-electron chi connectivity index (χ2n) is 6.04. The Morgan fingerprint density at radius 1 is 1.36 bits per heavy atom. The zero-order valence-corrected chi connectivity index (χ0v) is 13.3. The van der Waals surface area contributed by atoms with Gasteiger partial charge in [-0.15, -0.1) is 0 Å². The Morgan fingerprint density at radius 2 is 2.00 bits per heavy atom. The van der Waals surface area contributed by atoms with Crippen LogP contribution in [0.5, 0.6) is 0 Å². The summed E-state index contributed by atoms with van der Waals surface area (Å²) in [7, 11) is 0. The third-order valence-corrected chi connectivity index (χ3v) is 4.09. The van der Waals surface area contributed by atoms with Gasteiger partial charge in [0.15, 0.2) is 0 Å². The van der Waals surface area contributed by atoms with Gasteiger partial charge in [-0.25, -0.2) is 13.8 Å². The molecule has 0 amide bonds. The maximum Gasteiger partial charge on any atom is 0.282 e. The van der Waals surface area contributed by atoms with Gasteiger partial charge in [-0.3, -0.25) is 9.20 Å².